The SMILES string of the molecule is CCO/N=C(\CC)C1=C(O)CC(c2cccc(Oc3ncc(C(F)(F)F)cc3F)c2)CC1=O. The summed E-state index contributed by atoms with van der Waals surface area (Å²) in [6.07, 6.45) is -3.56. The molecule has 0 radical (unpaired) electrons. The number of ketones is 1. The van der Waals surface area contributed by atoms with Gasteiger partial charge in [-0.3, -0.25) is 4.79 Å². The van der Waals surface area contributed by atoms with Gasteiger partial charge in [-0.25, -0.2) is 9.37 Å². The van der Waals surface area contributed by atoms with Crippen LogP contribution in [0.15, 0.2) is 53.0 Å². The van der Waals surface area contributed by atoms with Crippen LogP contribution in [0.1, 0.15) is 50.2 Å². The highest BCUT2D eigenvalue weighted by Crippen LogP contribution is 2.37. The van der Waals surface area contributed by atoms with Crippen molar-refractivity contribution in [2.45, 2.75) is 45.2 Å². The second kappa shape index (κ2) is 10.0. The second-order valence-corrected chi connectivity index (χ2v) is 7.34. The molecule has 0 bridgehead atoms. The summed E-state index contributed by atoms with van der Waals surface area (Å²) in [6.45, 7) is 3.88. The van der Waals surface area contributed by atoms with Crippen molar-refractivity contribution >= 4 is 11.5 Å². The van der Waals surface area contributed by atoms with Crippen LogP contribution in [0.5, 0.6) is 11.6 Å². The largest absolute Gasteiger partial charge is 0.511 e. The minimum Gasteiger partial charge on any atom is -0.511 e. The number of ether oxygens (including phenoxy) is 1. The first-order valence-corrected chi connectivity index (χ1v) is 10.3. The van der Waals surface area contributed by atoms with Crippen LogP contribution in [0.2, 0.25) is 0 Å². The van der Waals surface area contributed by atoms with Crippen LogP contribution < -0.4 is 4.74 Å². The molecule has 33 heavy (non-hydrogen) atoms. The number of carbonyl (C=O) groups is 1. The molecule has 6 nitrogen and oxygen atoms in total. The Bertz CT molecular complexity index is 1100. The number of carbonyl (C=O) groups excluding carboxylic acids is 1. The average molecular weight is 466 g/mol. The van der Waals surface area contributed by atoms with Gasteiger partial charge in [0.15, 0.2) is 11.6 Å². The van der Waals surface area contributed by atoms with Crippen molar-refractivity contribution in [3.8, 4) is 11.6 Å². The number of aliphatic hydroxyl groups excluding tert-OH is 1. The van der Waals surface area contributed by atoms with Gasteiger partial charge in [-0.05, 0) is 43.0 Å². The van der Waals surface area contributed by atoms with Crippen LogP contribution in [-0.4, -0.2) is 28.2 Å². The molecule has 0 saturated carbocycles. The molecule has 0 aliphatic heterocycles. The second-order valence-electron chi connectivity index (χ2n) is 7.34. The van der Waals surface area contributed by atoms with E-state index in [0.717, 1.165) is 0 Å². The molecule has 3 rings (SSSR count). The number of hydrogen-bond donors (Lipinski definition) is 1. The number of alkyl halides is 3. The fourth-order valence-electron chi connectivity index (χ4n) is 3.49. The van der Waals surface area contributed by atoms with Gasteiger partial charge in [-0.1, -0.05) is 24.2 Å². The van der Waals surface area contributed by atoms with Crippen molar-refractivity contribution in [2.24, 2.45) is 5.16 Å². The molecule has 1 heterocycles. The van der Waals surface area contributed by atoms with Crippen molar-refractivity contribution in [3.05, 3.63) is 64.8 Å². The number of allylic oxidation sites excluding steroid dienone is 2. The summed E-state index contributed by atoms with van der Waals surface area (Å²) in [5.74, 6) is -2.49. The zero-order valence-electron chi connectivity index (χ0n) is 17.9. The fourth-order valence-corrected chi connectivity index (χ4v) is 3.49. The highest BCUT2D eigenvalue weighted by atomic mass is 19.4. The molecule has 1 aliphatic carbocycles. The quantitative estimate of drug-likeness (QED) is 0.303. The molecule has 176 valence electrons. The van der Waals surface area contributed by atoms with Gasteiger partial charge in [0.05, 0.1) is 16.8 Å². The molecule has 0 amide bonds. The van der Waals surface area contributed by atoms with Crippen LogP contribution in [0.4, 0.5) is 17.6 Å². The standard InChI is InChI=1S/C23H22F4N2O4/c1-3-18(29-32-4-2)21-19(30)9-14(10-20(21)31)13-6-5-7-16(8-13)33-22-17(24)11-15(12-28-22)23(25,26)27/h5-8,11-12,14,30H,3-4,9-10H2,1-2H3/b29-18+. The van der Waals surface area contributed by atoms with Gasteiger partial charge in [0, 0.05) is 19.0 Å². The van der Waals surface area contributed by atoms with Gasteiger partial charge in [0.2, 0.25) is 0 Å². The molecule has 1 N–H and O–H groups in total. The van der Waals surface area contributed by atoms with E-state index in [2.05, 4.69) is 10.1 Å². The molecule has 1 atom stereocenters. The maximum absolute atomic E-state index is 14.1. The Balaban J connectivity index is 1.81. The number of halogens is 4. The van der Waals surface area contributed by atoms with Crippen LogP contribution in [0.3, 0.4) is 0 Å². The smallest absolute Gasteiger partial charge is 0.417 e. The summed E-state index contributed by atoms with van der Waals surface area (Å²) < 4.78 is 57.5. The van der Waals surface area contributed by atoms with Crippen molar-refractivity contribution in [3.63, 3.8) is 0 Å². The zero-order valence-corrected chi connectivity index (χ0v) is 17.9. The third-order valence-corrected chi connectivity index (χ3v) is 5.05. The first kappa shape index (κ1) is 24.2. The van der Waals surface area contributed by atoms with Crippen LogP contribution in [0.25, 0.3) is 0 Å². The first-order valence-electron chi connectivity index (χ1n) is 10.3. The summed E-state index contributed by atoms with van der Waals surface area (Å²) >= 11 is 0. The van der Waals surface area contributed by atoms with Crippen molar-refractivity contribution in [2.75, 3.05) is 6.61 Å². The number of oxime groups is 1. The van der Waals surface area contributed by atoms with E-state index < -0.39 is 23.4 Å². The summed E-state index contributed by atoms with van der Waals surface area (Å²) in [5.41, 5.74) is -0.0536. The zero-order chi connectivity index (χ0) is 24.2. The monoisotopic (exact) mass is 466 g/mol. The Morgan fingerprint density at radius 1 is 1.24 bits per heavy atom. The number of nitrogens with zero attached hydrogens (tertiary/aromatic N) is 2. The lowest BCUT2D eigenvalue weighted by Gasteiger charge is -2.24. The minimum absolute atomic E-state index is 0.0981. The van der Waals surface area contributed by atoms with Crippen LogP contribution in [-0.2, 0) is 15.8 Å². The molecule has 0 spiro atoms. The van der Waals surface area contributed by atoms with Crippen molar-refractivity contribution < 1.29 is 37.0 Å². The lowest BCUT2D eigenvalue weighted by Crippen LogP contribution is -2.23. The topological polar surface area (TPSA) is 81.0 Å². The molecular formula is C23H22F4N2O4. The summed E-state index contributed by atoms with van der Waals surface area (Å²) in [6, 6.07) is 6.64. The molecule has 1 aromatic heterocycles. The maximum Gasteiger partial charge on any atom is 0.417 e. The number of aliphatic hydroxyl groups is 1. The number of benzene rings is 1. The number of pyridine rings is 1. The Kier molecular flexibility index (Phi) is 7.35. The van der Waals surface area contributed by atoms with E-state index in [-0.39, 0.29) is 41.6 Å². The number of rotatable bonds is 7. The maximum atomic E-state index is 14.1. The predicted octanol–water partition coefficient (Wildman–Crippen LogP) is 6.09. The Labute approximate surface area is 187 Å². The number of hydrogen-bond acceptors (Lipinski definition) is 6. The van der Waals surface area contributed by atoms with Gasteiger partial charge in [-0.15, -0.1) is 0 Å². The highest BCUT2D eigenvalue weighted by Gasteiger charge is 2.33. The Morgan fingerprint density at radius 3 is 2.61 bits per heavy atom. The fraction of sp³-hybridized carbons (Fsp3) is 0.348. The van der Waals surface area contributed by atoms with Crippen molar-refractivity contribution in [1.29, 1.82) is 0 Å². The normalized spacial score (nSPS) is 17.3. The van der Waals surface area contributed by atoms with E-state index in [1.807, 2.05) is 0 Å². The number of Topliss-reactive ketones (excluding diaryl/α,β-unsaturated/α-hetero) is 1. The summed E-state index contributed by atoms with van der Waals surface area (Å²) in [7, 11) is 0. The molecule has 10 heteroatoms. The van der Waals surface area contributed by atoms with E-state index in [0.29, 0.717) is 36.6 Å². The molecule has 1 aromatic carbocycles. The van der Waals surface area contributed by atoms with Gasteiger partial charge in [0.1, 0.15) is 18.1 Å². The lowest BCUT2D eigenvalue weighted by molar-refractivity contribution is -0.138. The third-order valence-electron chi connectivity index (χ3n) is 5.05. The van der Waals surface area contributed by atoms with E-state index >= 15 is 0 Å². The van der Waals surface area contributed by atoms with E-state index in [1.54, 1.807) is 26.0 Å². The third kappa shape index (κ3) is 5.68. The molecule has 1 unspecified atom stereocenters. The van der Waals surface area contributed by atoms with Gasteiger partial charge >= 0.3 is 6.18 Å². The van der Waals surface area contributed by atoms with Gasteiger partial charge in [-0.2, -0.15) is 13.2 Å². The number of aromatic nitrogens is 1. The molecular weight excluding hydrogens is 444 g/mol. The Morgan fingerprint density at radius 2 is 2.00 bits per heavy atom. The van der Waals surface area contributed by atoms with E-state index in [9.17, 15) is 27.5 Å². The molecule has 2 aromatic rings. The molecule has 0 saturated heterocycles. The lowest BCUT2D eigenvalue weighted by atomic mass is 9.81. The van der Waals surface area contributed by atoms with Crippen molar-refractivity contribution in [1.82, 2.24) is 4.98 Å². The molecule has 0 fully saturated rings. The van der Waals surface area contributed by atoms with Gasteiger partial charge < -0.3 is 14.7 Å². The summed E-state index contributed by atoms with van der Waals surface area (Å²) in [5, 5.41) is 14.5. The molecule has 1 aliphatic rings. The minimum atomic E-state index is -4.72. The Hall–Kier alpha value is -3.43. The van der Waals surface area contributed by atoms with Gasteiger partial charge in [0.25, 0.3) is 5.88 Å². The average Bonchev–Trinajstić information content (AvgIpc) is 2.76. The van der Waals surface area contributed by atoms with E-state index in [1.165, 1.54) is 12.1 Å². The predicted molar refractivity (Wildman–Crippen MR) is 112 cm³/mol. The van der Waals surface area contributed by atoms with E-state index in [4.69, 9.17) is 9.57 Å². The first-order chi connectivity index (χ1) is 15.6. The van der Waals surface area contributed by atoms with Crippen LogP contribution >= 0.6 is 0 Å². The van der Waals surface area contributed by atoms with Crippen LogP contribution in [0, 0.1) is 5.82 Å². The highest BCUT2D eigenvalue weighted by molar-refractivity contribution is 6.23. The summed E-state index contributed by atoms with van der Waals surface area (Å²) in [4.78, 5) is 21.2.